The van der Waals surface area contributed by atoms with E-state index in [0.717, 1.165) is 17.4 Å². The molecule has 1 saturated heterocycles. The maximum absolute atomic E-state index is 12.5. The molecule has 0 spiro atoms. The van der Waals surface area contributed by atoms with Crippen LogP contribution < -0.4 is 14.4 Å². The van der Waals surface area contributed by atoms with E-state index >= 15 is 0 Å². The summed E-state index contributed by atoms with van der Waals surface area (Å²) in [5, 5.41) is 0. The van der Waals surface area contributed by atoms with Crippen LogP contribution in [-0.2, 0) is 4.79 Å². The summed E-state index contributed by atoms with van der Waals surface area (Å²) in [6.45, 7) is 2.67. The number of anilines is 1. The number of hydrogen-bond donors (Lipinski definition) is 0. The summed E-state index contributed by atoms with van der Waals surface area (Å²) >= 11 is 0. The predicted octanol–water partition coefficient (Wildman–Crippen LogP) is 1.40. The van der Waals surface area contributed by atoms with Crippen LogP contribution in [-0.4, -0.2) is 70.2 Å². The highest BCUT2D eigenvalue weighted by Gasteiger charge is 2.22. The zero-order valence-electron chi connectivity index (χ0n) is 16.1. The predicted molar refractivity (Wildman–Crippen MR) is 106 cm³/mol. The summed E-state index contributed by atoms with van der Waals surface area (Å²) in [5.41, 5.74) is 0. The van der Waals surface area contributed by atoms with Crippen LogP contribution in [0, 0.1) is 0 Å². The van der Waals surface area contributed by atoms with E-state index in [4.69, 9.17) is 9.47 Å². The number of carbonyl (C=O) groups is 1. The molecule has 3 aromatic rings. The first-order valence-corrected chi connectivity index (χ1v) is 9.33. The monoisotopic (exact) mass is 394 g/mol. The standard InChI is InChI=1S/C20H22N6O3/c1-28-16-2-4-17(5-3-16)29-13-20(27)25-10-8-24(9-11-25)18-12-19(23-14-22-18)26-7-6-21-15-26/h2-7,12,14-15H,8-11,13H2,1H3. The molecule has 3 heterocycles. The van der Waals surface area contributed by atoms with Crippen LogP contribution >= 0.6 is 0 Å². The lowest BCUT2D eigenvalue weighted by molar-refractivity contribution is -0.133. The summed E-state index contributed by atoms with van der Waals surface area (Å²) in [5.74, 6) is 2.97. The Morgan fingerprint density at radius 3 is 2.45 bits per heavy atom. The van der Waals surface area contributed by atoms with Crippen molar-refractivity contribution in [3.05, 3.63) is 55.4 Å². The normalized spacial score (nSPS) is 14.0. The summed E-state index contributed by atoms with van der Waals surface area (Å²) < 4.78 is 12.6. The van der Waals surface area contributed by atoms with Gasteiger partial charge < -0.3 is 19.3 Å². The van der Waals surface area contributed by atoms with Crippen molar-refractivity contribution in [2.75, 3.05) is 44.8 Å². The van der Waals surface area contributed by atoms with Gasteiger partial charge in [0.15, 0.2) is 6.61 Å². The van der Waals surface area contributed by atoms with Gasteiger partial charge in [0.05, 0.1) is 7.11 Å². The Kier molecular flexibility index (Phi) is 5.55. The third-order valence-electron chi connectivity index (χ3n) is 4.79. The molecule has 9 nitrogen and oxygen atoms in total. The minimum Gasteiger partial charge on any atom is -0.497 e. The third-order valence-corrected chi connectivity index (χ3v) is 4.79. The van der Waals surface area contributed by atoms with Gasteiger partial charge in [-0.25, -0.2) is 15.0 Å². The second kappa shape index (κ2) is 8.59. The highest BCUT2D eigenvalue weighted by Crippen LogP contribution is 2.18. The quantitative estimate of drug-likeness (QED) is 0.625. The number of ether oxygens (including phenoxy) is 2. The largest absolute Gasteiger partial charge is 0.497 e. The average molecular weight is 394 g/mol. The maximum Gasteiger partial charge on any atom is 0.260 e. The van der Waals surface area contributed by atoms with Crippen molar-refractivity contribution >= 4 is 11.7 Å². The molecule has 0 unspecified atom stereocenters. The van der Waals surface area contributed by atoms with Gasteiger partial charge in [0.1, 0.15) is 35.8 Å². The molecule has 1 aliphatic heterocycles. The molecule has 0 radical (unpaired) electrons. The Labute approximate surface area is 168 Å². The SMILES string of the molecule is COc1ccc(OCC(=O)N2CCN(c3cc(-n4ccnc4)ncn3)CC2)cc1. The van der Waals surface area contributed by atoms with E-state index in [1.807, 2.05) is 21.7 Å². The van der Waals surface area contributed by atoms with Crippen LogP contribution in [0.4, 0.5) is 5.82 Å². The fourth-order valence-corrected chi connectivity index (χ4v) is 3.14. The second-order valence-corrected chi connectivity index (χ2v) is 6.54. The lowest BCUT2D eigenvalue weighted by atomic mass is 10.3. The second-order valence-electron chi connectivity index (χ2n) is 6.54. The smallest absolute Gasteiger partial charge is 0.260 e. The van der Waals surface area contributed by atoms with Gasteiger partial charge >= 0.3 is 0 Å². The number of nitrogens with zero attached hydrogens (tertiary/aromatic N) is 6. The number of carbonyl (C=O) groups excluding carboxylic acids is 1. The molecule has 0 saturated carbocycles. The number of aromatic nitrogens is 4. The van der Waals surface area contributed by atoms with E-state index in [2.05, 4.69) is 19.9 Å². The number of hydrogen-bond acceptors (Lipinski definition) is 7. The molecule has 0 atom stereocenters. The number of piperazine rings is 1. The third kappa shape index (κ3) is 4.45. The number of rotatable bonds is 6. The Morgan fingerprint density at radius 2 is 1.76 bits per heavy atom. The van der Waals surface area contributed by atoms with Gasteiger partial charge in [-0.2, -0.15) is 0 Å². The van der Waals surface area contributed by atoms with Crippen LogP contribution in [0.25, 0.3) is 5.82 Å². The molecule has 0 aliphatic carbocycles. The first-order chi connectivity index (χ1) is 14.2. The molecule has 150 valence electrons. The molecule has 1 amide bonds. The first kappa shape index (κ1) is 18.7. The Morgan fingerprint density at radius 1 is 1.03 bits per heavy atom. The fourth-order valence-electron chi connectivity index (χ4n) is 3.14. The summed E-state index contributed by atoms with van der Waals surface area (Å²) in [6.07, 6.45) is 6.79. The van der Waals surface area contributed by atoms with Crippen molar-refractivity contribution < 1.29 is 14.3 Å². The van der Waals surface area contributed by atoms with Crippen LogP contribution in [0.2, 0.25) is 0 Å². The van der Waals surface area contributed by atoms with Gasteiger partial charge in [-0.1, -0.05) is 0 Å². The molecule has 4 rings (SSSR count). The zero-order valence-corrected chi connectivity index (χ0v) is 16.1. The number of benzene rings is 1. The molecule has 9 heteroatoms. The van der Waals surface area contributed by atoms with E-state index < -0.39 is 0 Å². The number of amides is 1. The van der Waals surface area contributed by atoms with Crippen LogP contribution in [0.5, 0.6) is 11.5 Å². The zero-order chi connectivity index (χ0) is 20.1. The average Bonchev–Trinajstić information content (AvgIpc) is 3.33. The Hall–Kier alpha value is -3.62. The first-order valence-electron chi connectivity index (χ1n) is 9.33. The van der Waals surface area contributed by atoms with E-state index in [9.17, 15) is 4.79 Å². The van der Waals surface area contributed by atoms with E-state index in [1.54, 1.807) is 50.2 Å². The minimum absolute atomic E-state index is 0.0185. The fraction of sp³-hybridized carbons (Fsp3) is 0.300. The van der Waals surface area contributed by atoms with Crippen LogP contribution in [0.1, 0.15) is 0 Å². The highest BCUT2D eigenvalue weighted by molar-refractivity contribution is 5.78. The van der Waals surface area contributed by atoms with Gasteiger partial charge in [-0.15, -0.1) is 0 Å². The van der Waals surface area contributed by atoms with Crippen molar-refractivity contribution in [2.24, 2.45) is 0 Å². The van der Waals surface area contributed by atoms with Crippen molar-refractivity contribution in [3.8, 4) is 17.3 Å². The molecule has 0 N–H and O–H groups in total. The molecule has 0 bridgehead atoms. The van der Waals surface area contributed by atoms with E-state index in [-0.39, 0.29) is 12.5 Å². The molecule has 1 fully saturated rings. The minimum atomic E-state index is -0.0257. The Balaban J connectivity index is 1.30. The molecular formula is C20H22N6O3. The molecular weight excluding hydrogens is 372 g/mol. The number of imidazole rings is 1. The van der Waals surface area contributed by atoms with Gasteiger partial charge in [0.2, 0.25) is 0 Å². The lowest BCUT2D eigenvalue weighted by Crippen LogP contribution is -2.50. The molecule has 2 aromatic heterocycles. The van der Waals surface area contributed by atoms with E-state index in [1.165, 1.54) is 0 Å². The van der Waals surface area contributed by atoms with Gasteiger partial charge in [-0.3, -0.25) is 9.36 Å². The molecule has 1 aliphatic rings. The van der Waals surface area contributed by atoms with E-state index in [0.29, 0.717) is 31.9 Å². The van der Waals surface area contributed by atoms with Crippen molar-refractivity contribution in [3.63, 3.8) is 0 Å². The highest BCUT2D eigenvalue weighted by atomic mass is 16.5. The topological polar surface area (TPSA) is 85.6 Å². The van der Waals surface area contributed by atoms with Gasteiger partial charge in [0, 0.05) is 44.6 Å². The Bertz CT molecular complexity index is 937. The van der Waals surface area contributed by atoms with Crippen molar-refractivity contribution in [1.82, 2.24) is 24.4 Å². The summed E-state index contributed by atoms with van der Waals surface area (Å²) in [7, 11) is 1.61. The van der Waals surface area contributed by atoms with Gasteiger partial charge in [0.25, 0.3) is 5.91 Å². The van der Waals surface area contributed by atoms with Crippen molar-refractivity contribution in [1.29, 1.82) is 0 Å². The molecule has 29 heavy (non-hydrogen) atoms. The van der Waals surface area contributed by atoms with Crippen LogP contribution in [0.15, 0.2) is 55.4 Å². The number of methoxy groups -OCH3 is 1. The maximum atomic E-state index is 12.5. The lowest BCUT2D eigenvalue weighted by Gasteiger charge is -2.35. The molecule has 1 aromatic carbocycles. The van der Waals surface area contributed by atoms with Crippen molar-refractivity contribution in [2.45, 2.75) is 0 Å². The summed E-state index contributed by atoms with van der Waals surface area (Å²) in [4.78, 5) is 29.1. The van der Waals surface area contributed by atoms with Crippen LogP contribution in [0.3, 0.4) is 0 Å². The van der Waals surface area contributed by atoms with Gasteiger partial charge in [-0.05, 0) is 24.3 Å². The summed E-state index contributed by atoms with van der Waals surface area (Å²) in [6, 6.07) is 9.11.